The van der Waals surface area contributed by atoms with Crippen LogP contribution in [0.25, 0.3) is 0 Å². The molecule has 0 fully saturated rings. The molecule has 0 unspecified atom stereocenters. The van der Waals surface area contributed by atoms with Gasteiger partial charge in [0.1, 0.15) is 0 Å². The zero-order valence-electron chi connectivity index (χ0n) is 14.3. The molecule has 0 aliphatic rings. The van der Waals surface area contributed by atoms with Crippen LogP contribution < -0.4 is 4.74 Å². The van der Waals surface area contributed by atoms with Crippen LogP contribution in [-0.2, 0) is 23.0 Å². The Hall–Kier alpha value is -2.45. The molecule has 0 heterocycles. The molecule has 7 nitrogen and oxygen atoms in total. The number of aryl methyl sites for hydroxylation is 1. The van der Waals surface area contributed by atoms with E-state index in [1.54, 1.807) is 0 Å². The monoisotopic (exact) mass is 364 g/mol. The van der Waals surface area contributed by atoms with E-state index in [-0.39, 0.29) is 22.9 Å². The SMILES string of the molecule is CCc1ccc(CN(C)S(=O)(=O)c2ccc(OC)c([N+](=O)[O-])c2)cc1. The van der Waals surface area contributed by atoms with Gasteiger partial charge >= 0.3 is 5.69 Å². The summed E-state index contributed by atoms with van der Waals surface area (Å²) >= 11 is 0. The highest BCUT2D eigenvalue weighted by molar-refractivity contribution is 7.89. The Morgan fingerprint density at radius 1 is 1.12 bits per heavy atom. The predicted molar refractivity (Wildman–Crippen MR) is 94.1 cm³/mol. The van der Waals surface area contributed by atoms with Crippen molar-refractivity contribution in [3.63, 3.8) is 0 Å². The largest absolute Gasteiger partial charge is 0.490 e. The minimum atomic E-state index is -3.86. The average molecular weight is 364 g/mol. The number of sulfonamides is 1. The fourth-order valence-electron chi connectivity index (χ4n) is 2.38. The summed E-state index contributed by atoms with van der Waals surface area (Å²) in [6.07, 6.45) is 0.907. The van der Waals surface area contributed by atoms with Crippen molar-refractivity contribution in [3.8, 4) is 5.75 Å². The van der Waals surface area contributed by atoms with Crippen LogP contribution >= 0.6 is 0 Å². The molecule has 0 saturated carbocycles. The van der Waals surface area contributed by atoms with Crippen molar-refractivity contribution >= 4 is 15.7 Å². The van der Waals surface area contributed by atoms with E-state index in [2.05, 4.69) is 0 Å². The first-order chi connectivity index (χ1) is 11.8. The molecule has 0 bridgehead atoms. The first kappa shape index (κ1) is 18.9. The van der Waals surface area contributed by atoms with Gasteiger partial charge in [-0.2, -0.15) is 4.31 Å². The van der Waals surface area contributed by atoms with Crippen molar-refractivity contribution in [1.29, 1.82) is 0 Å². The van der Waals surface area contributed by atoms with E-state index < -0.39 is 14.9 Å². The maximum Gasteiger partial charge on any atom is 0.312 e. The molecule has 2 aromatic rings. The summed E-state index contributed by atoms with van der Waals surface area (Å²) in [5.41, 5.74) is 1.62. The fraction of sp³-hybridized carbons (Fsp3) is 0.294. The third-order valence-corrected chi connectivity index (χ3v) is 5.69. The van der Waals surface area contributed by atoms with Gasteiger partial charge in [0.05, 0.1) is 16.9 Å². The molecule has 0 saturated heterocycles. The Morgan fingerprint density at radius 3 is 2.24 bits per heavy atom. The minimum Gasteiger partial charge on any atom is -0.490 e. The summed E-state index contributed by atoms with van der Waals surface area (Å²) in [6, 6.07) is 11.3. The van der Waals surface area contributed by atoms with E-state index in [9.17, 15) is 18.5 Å². The van der Waals surface area contributed by atoms with E-state index in [0.29, 0.717) is 0 Å². The minimum absolute atomic E-state index is 0.0155. The first-order valence-corrected chi connectivity index (χ1v) is 9.10. The molecule has 0 amide bonds. The Bertz CT molecular complexity index is 863. The molecular formula is C17H20N2O5S. The van der Waals surface area contributed by atoms with Crippen LogP contribution in [0.5, 0.6) is 5.75 Å². The first-order valence-electron chi connectivity index (χ1n) is 7.66. The van der Waals surface area contributed by atoms with Gasteiger partial charge in [0, 0.05) is 19.7 Å². The van der Waals surface area contributed by atoms with Crippen molar-refractivity contribution in [1.82, 2.24) is 4.31 Å². The predicted octanol–water partition coefficient (Wildman–Crippen LogP) is 2.99. The van der Waals surface area contributed by atoms with Crippen molar-refractivity contribution in [2.45, 2.75) is 24.8 Å². The molecule has 0 aliphatic carbocycles. The van der Waals surface area contributed by atoms with Gasteiger partial charge in [-0.15, -0.1) is 0 Å². The quantitative estimate of drug-likeness (QED) is 0.556. The molecule has 0 aromatic heterocycles. The van der Waals surface area contributed by atoms with Crippen LogP contribution in [0, 0.1) is 10.1 Å². The van der Waals surface area contributed by atoms with Crippen molar-refractivity contribution in [3.05, 3.63) is 63.7 Å². The number of benzene rings is 2. The van der Waals surface area contributed by atoms with Crippen molar-refractivity contribution < 1.29 is 18.1 Å². The van der Waals surface area contributed by atoms with E-state index in [0.717, 1.165) is 18.1 Å². The molecular weight excluding hydrogens is 344 g/mol. The number of nitrogens with zero attached hydrogens (tertiary/aromatic N) is 2. The summed E-state index contributed by atoms with van der Waals surface area (Å²) in [6.45, 7) is 2.22. The van der Waals surface area contributed by atoms with E-state index in [1.165, 1.54) is 36.2 Å². The second-order valence-electron chi connectivity index (χ2n) is 5.52. The summed E-state index contributed by atoms with van der Waals surface area (Å²) in [4.78, 5) is 10.3. The van der Waals surface area contributed by atoms with E-state index in [4.69, 9.17) is 4.74 Å². The average Bonchev–Trinajstić information content (AvgIpc) is 2.61. The van der Waals surface area contributed by atoms with Gasteiger partial charge in [-0.25, -0.2) is 8.42 Å². The highest BCUT2D eigenvalue weighted by atomic mass is 32.2. The van der Waals surface area contributed by atoms with E-state index in [1.807, 2.05) is 31.2 Å². The maximum atomic E-state index is 12.7. The molecule has 25 heavy (non-hydrogen) atoms. The fourth-order valence-corrected chi connectivity index (χ4v) is 3.55. The third-order valence-electron chi connectivity index (χ3n) is 3.89. The van der Waals surface area contributed by atoms with Crippen LogP contribution in [0.1, 0.15) is 18.1 Å². The van der Waals surface area contributed by atoms with Gasteiger partial charge in [0.25, 0.3) is 0 Å². The molecule has 8 heteroatoms. The Labute approximate surface area is 147 Å². The van der Waals surface area contributed by atoms with Gasteiger partial charge in [0.15, 0.2) is 5.75 Å². The van der Waals surface area contributed by atoms with Crippen LogP contribution in [0.2, 0.25) is 0 Å². The lowest BCUT2D eigenvalue weighted by atomic mass is 10.1. The number of hydrogen-bond acceptors (Lipinski definition) is 5. The molecule has 0 radical (unpaired) electrons. The summed E-state index contributed by atoms with van der Waals surface area (Å²) in [7, 11) is -1.12. The molecule has 2 rings (SSSR count). The normalized spacial score (nSPS) is 11.5. The number of ether oxygens (including phenoxy) is 1. The molecule has 2 aromatic carbocycles. The number of methoxy groups -OCH3 is 1. The highest BCUT2D eigenvalue weighted by Crippen LogP contribution is 2.30. The molecule has 0 N–H and O–H groups in total. The molecule has 0 spiro atoms. The second kappa shape index (κ2) is 7.62. The standard InChI is InChI=1S/C17H20N2O5S/c1-4-13-5-7-14(8-6-13)12-18(2)25(22,23)15-9-10-17(24-3)16(11-15)19(20)21/h5-11H,4,12H2,1-3H3. The number of nitro groups is 1. The zero-order valence-corrected chi connectivity index (χ0v) is 15.1. The lowest BCUT2D eigenvalue weighted by Gasteiger charge is -2.17. The van der Waals surface area contributed by atoms with Crippen LogP contribution in [0.3, 0.4) is 0 Å². The van der Waals surface area contributed by atoms with Gasteiger partial charge in [-0.3, -0.25) is 10.1 Å². The Morgan fingerprint density at radius 2 is 1.72 bits per heavy atom. The Kier molecular flexibility index (Phi) is 5.76. The zero-order chi connectivity index (χ0) is 18.6. The molecule has 0 aliphatic heterocycles. The molecule has 0 atom stereocenters. The van der Waals surface area contributed by atoms with Gasteiger partial charge in [0.2, 0.25) is 10.0 Å². The number of rotatable bonds is 7. The number of hydrogen-bond donors (Lipinski definition) is 0. The van der Waals surface area contributed by atoms with Crippen LogP contribution in [-0.4, -0.2) is 31.8 Å². The van der Waals surface area contributed by atoms with Gasteiger partial charge in [-0.1, -0.05) is 31.2 Å². The Balaban J connectivity index is 2.30. The lowest BCUT2D eigenvalue weighted by Crippen LogP contribution is -2.26. The van der Waals surface area contributed by atoms with E-state index >= 15 is 0 Å². The van der Waals surface area contributed by atoms with Crippen molar-refractivity contribution in [2.24, 2.45) is 0 Å². The number of nitro benzene ring substituents is 1. The smallest absolute Gasteiger partial charge is 0.312 e. The summed E-state index contributed by atoms with van der Waals surface area (Å²) < 4.78 is 31.5. The maximum absolute atomic E-state index is 12.7. The highest BCUT2D eigenvalue weighted by Gasteiger charge is 2.25. The summed E-state index contributed by atoms with van der Waals surface area (Å²) in [5.74, 6) is 0.0155. The van der Waals surface area contributed by atoms with Crippen molar-refractivity contribution in [2.75, 3.05) is 14.2 Å². The topological polar surface area (TPSA) is 89.8 Å². The summed E-state index contributed by atoms with van der Waals surface area (Å²) in [5, 5.41) is 11.1. The third kappa shape index (κ3) is 4.15. The molecule has 134 valence electrons. The lowest BCUT2D eigenvalue weighted by molar-refractivity contribution is -0.386. The van der Waals surface area contributed by atoms with Gasteiger partial charge < -0.3 is 4.74 Å². The van der Waals surface area contributed by atoms with Gasteiger partial charge in [-0.05, 0) is 29.7 Å². The van der Waals surface area contributed by atoms with Crippen LogP contribution in [0.15, 0.2) is 47.4 Å². The van der Waals surface area contributed by atoms with Crippen LogP contribution in [0.4, 0.5) is 5.69 Å². The second-order valence-corrected chi connectivity index (χ2v) is 7.57.